The molecule has 1 amide bonds. The van der Waals surface area contributed by atoms with Gasteiger partial charge in [-0.05, 0) is 36.8 Å². The molecule has 17 nitrogen and oxygen atoms in total. The van der Waals surface area contributed by atoms with Gasteiger partial charge in [0.25, 0.3) is 5.91 Å². The Morgan fingerprint density at radius 3 is 2.39 bits per heavy atom. The second kappa shape index (κ2) is 15.1. The minimum absolute atomic E-state index is 0.0777. The van der Waals surface area contributed by atoms with Crippen LogP contribution in [0, 0.1) is 0 Å². The molecule has 5 aromatic rings. The minimum atomic E-state index is -3.90. The van der Waals surface area contributed by atoms with E-state index >= 15 is 8.78 Å². The molecule has 284 valence electrons. The summed E-state index contributed by atoms with van der Waals surface area (Å²) in [6.07, 6.45) is -3.11. The molecule has 3 aliphatic rings. The van der Waals surface area contributed by atoms with Crippen molar-refractivity contribution in [3.63, 3.8) is 0 Å². The van der Waals surface area contributed by atoms with E-state index in [1.807, 2.05) is 6.08 Å². The second-order valence-electron chi connectivity index (χ2n) is 12.9. The van der Waals surface area contributed by atoms with Crippen molar-refractivity contribution in [3.05, 3.63) is 79.1 Å². The zero-order valence-corrected chi connectivity index (χ0v) is 29.9. The average Bonchev–Trinajstić information content (AvgIpc) is 3.94. The number of benzene rings is 1. The first-order valence-electron chi connectivity index (χ1n) is 17.0. The maximum atomic E-state index is 16.1. The first-order valence-corrected chi connectivity index (χ1v) is 19.8. The van der Waals surface area contributed by atoms with Crippen molar-refractivity contribution in [2.24, 2.45) is 0 Å². The van der Waals surface area contributed by atoms with Gasteiger partial charge in [-0.2, -0.15) is 0 Å². The van der Waals surface area contributed by atoms with Gasteiger partial charge in [-0.15, -0.1) is 0 Å². The number of fused-ring (bicyclic) bond motifs is 6. The van der Waals surface area contributed by atoms with Crippen LogP contribution in [0.1, 0.15) is 34.9 Å². The van der Waals surface area contributed by atoms with E-state index in [1.54, 1.807) is 36.4 Å². The lowest BCUT2D eigenvalue weighted by molar-refractivity contribution is -0.0591. The van der Waals surface area contributed by atoms with Crippen molar-refractivity contribution in [2.75, 3.05) is 31.0 Å². The standard InChI is InChI=1S/C33H34F2N9O8PS/c34-22-26(46)21-12-49-17-53(48,54)52-27-20(11-45)50-33(23(27)35)43-15-40-24-19(36-13-37-28(24)43)9-5-2-6-10-42(31(47)18-7-3-1-4-8-18)29-25-30(39-14-38-29)44(16-41-25)32(22)51-21/h1-4,6-8,13-16,20-23,26-27,32-33,45-46H,5,9-12,17H2,(H,48,54)/b6-2+/t20-,21-,22-,23-,26-,27-,32?,33?,53?/m1/s1. The number of carbonyl (C=O) groups excluding carboxylic acids is 1. The Hall–Kier alpha value is -4.24. The van der Waals surface area contributed by atoms with Crippen molar-refractivity contribution < 1.29 is 47.4 Å². The first-order chi connectivity index (χ1) is 26.1. The van der Waals surface area contributed by atoms with Crippen LogP contribution in [0.2, 0.25) is 0 Å². The van der Waals surface area contributed by atoms with Gasteiger partial charge in [0, 0.05) is 12.1 Å². The van der Waals surface area contributed by atoms with E-state index in [0.717, 1.165) is 0 Å². The summed E-state index contributed by atoms with van der Waals surface area (Å²) in [5, 5.41) is 20.8. The molecule has 0 spiro atoms. The summed E-state index contributed by atoms with van der Waals surface area (Å²) in [5.41, 5.74) is 1.98. The van der Waals surface area contributed by atoms with Gasteiger partial charge in [-0.1, -0.05) is 30.4 Å². The lowest BCUT2D eigenvalue weighted by Crippen LogP contribution is -2.34. The molecule has 3 N–H and O–H groups in total. The van der Waals surface area contributed by atoms with Gasteiger partial charge in [-0.3, -0.25) is 18.8 Å². The monoisotopic (exact) mass is 785 g/mol. The Morgan fingerprint density at radius 2 is 1.63 bits per heavy atom. The molecule has 3 unspecified atom stereocenters. The van der Waals surface area contributed by atoms with Crippen LogP contribution in [-0.4, -0.2) is 123 Å². The number of hydrogen-bond acceptors (Lipinski definition) is 14. The van der Waals surface area contributed by atoms with E-state index in [-0.39, 0.29) is 35.1 Å². The fraction of sp³-hybridized carbons (Fsp3) is 0.424. The van der Waals surface area contributed by atoms with Crippen molar-refractivity contribution in [1.82, 2.24) is 39.0 Å². The highest BCUT2D eigenvalue weighted by molar-refractivity contribution is 8.09. The number of nitrogens with zero attached hydrogens (tertiary/aromatic N) is 9. The zero-order chi connectivity index (χ0) is 37.6. The topological polar surface area (TPSA) is 205 Å². The number of aryl methyl sites for hydroxylation is 1. The summed E-state index contributed by atoms with van der Waals surface area (Å²) in [6, 6.07) is 8.62. The molecule has 2 saturated heterocycles. The third kappa shape index (κ3) is 6.82. The van der Waals surface area contributed by atoms with Crippen LogP contribution in [0.15, 0.2) is 67.8 Å². The molecular weight excluding hydrogens is 751 g/mol. The van der Waals surface area contributed by atoms with Crippen molar-refractivity contribution in [3.8, 4) is 0 Å². The van der Waals surface area contributed by atoms with Crippen LogP contribution < -0.4 is 4.90 Å². The molecule has 8 rings (SSSR count). The minimum Gasteiger partial charge on any atom is -0.394 e. The highest BCUT2D eigenvalue weighted by atomic mass is 32.5. The van der Waals surface area contributed by atoms with Crippen molar-refractivity contribution in [2.45, 2.75) is 62.1 Å². The Balaban J connectivity index is 1.15. The normalized spacial score (nSPS) is 31.5. The number of anilines is 1. The molecule has 0 radical (unpaired) electrons. The molecule has 0 aliphatic carbocycles. The molecule has 7 heterocycles. The third-order valence-electron chi connectivity index (χ3n) is 9.41. The van der Waals surface area contributed by atoms with E-state index in [4.69, 9.17) is 30.5 Å². The third-order valence-corrected chi connectivity index (χ3v) is 11.1. The van der Waals surface area contributed by atoms with Gasteiger partial charge in [0.2, 0.25) is 6.49 Å². The van der Waals surface area contributed by atoms with Crippen LogP contribution in [0.4, 0.5) is 14.6 Å². The Kier molecular flexibility index (Phi) is 10.3. The Labute approximate surface area is 310 Å². The smallest absolute Gasteiger partial charge is 0.259 e. The number of allylic oxidation sites excluding steroid dienone is 1. The number of halogens is 2. The molecule has 21 heteroatoms. The fourth-order valence-corrected chi connectivity index (χ4v) is 8.32. The number of hydrogen-bond donors (Lipinski definition) is 3. The van der Waals surface area contributed by atoms with Crippen molar-refractivity contribution >= 4 is 52.4 Å². The van der Waals surface area contributed by atoms with Gasteiger partial charge in [0.15, 0.2) is 47.4 Å². The maximum absolute atomic E-state index is 16.1. The van der Waals surface area contributed by atoms with Gasteiger partial charge < -0.3 is 33.8 Å². The molecule has 54 heavy (non-hydrogen) atoms. The van der Waals surface area contributed by atoms with Gasteiger partial charge in [0.05, 0.1) is 31.6 Å². The van der Waals surface area contributed by atoms with Crippen LogP contribution in [0.3, 0.4) is 0 Å². The van der Waals surface area contributed by atoms with E-state index in [0.29, 0.717) is 29.6 Å². The number of carbonyl (C=O) groups is 1. The van der Waals surface area contributed by atoms with Gasteiger partial charge in [0.1, 0.15) is 48.9 Å². The lowest BCUT2D eigenvalue weighted by atomic mass is 10.1. The molecule has 12 bridgehead atoms. The van der Waals surface area contributed by atoms with E-state index in [1.165, 1.54) is 39.3 Å². The number of aromatic nitrogens is 8. The lowest BCUT2D eigenvalue weighted by Gasteiger charge is -2.25. The van der Waals surface area contributed by atoms with Gasteiger partial charge in [-0.25, -0.2) is 38.7 Å². The predicted molar refractivity (Wildman–Crippen MR) is 189 cm³/mol. The number of amides is 1. The first kappa shape index (κ1) is 36.7. The number of imidazole rings is 2. The number of aliphatic hydroxyl groups excluding tert-OH is 2. The molecule has 0 saturated carbocycles. The van der Waals surface area contributed by atoms with Gasteiger partial charge >= 0.3 is 0 Å². The largest absolute Gasteiger partial charge is 0.394 e. The Morgan fingerprint density at radius 1 is 0.926 bits per heavy atom. The van der Waals surface area contributed by atoms with E-state index < -0.39 is 75.3 Å². The second-order valence-corrected chi connectivity index (χ2v) is 16.3. The highest BCUT2D eigenvalue weighted by Crippen LogP contribution is 2.49. The summed E-state index contributed by atoms with van der Waals surface area (Å²) in [6.45, 7) is -4.90. The molecule has 3 aliphatic heterocycles. The number of alkyl halides is 2. The molecular formula is C33H34F2N9O8PS. The summed E-state index contributed by atoms with van der Waals surface area (Å²) < 4.78 is 57.3. The number of ether oxygens (including phenoxy) is 3. The van der Waals surface area contributed by atoms with E-state index in [2.05, 4.69) is 29.9 Å². The zero-order valence-electron chi connectivity index (χ0n) is 28.2. The molecule has 2 fully saturated rings. The van der Waals surface area contributed by atoms with Crippen LogP contribution >= 0.6 is 6.49 Å². The van der Waals surface area contributed by atoms with Crippen LogP contribution in [0.25, 0.3) is 22.3 Å². The highest BCUT2D eigenvalue weighted by Gasteiger charge is 2.50. The van der Waals surface area contributed by atoms with E-state index in [9.17, 15) is 19.9 Å². The molecule has 1 aromatic carbocycles. The quantitative estimate of drug-likeness (QED) is 0.174. The SMILES string of the molecule is O=C(c1ccccc1)N1C/C=C/CCc2ncnc3c2ncn3C2O[C@H](CO)[C@@H](OP(O)(=S)COC[C@H]3OC([C@H](F)[C@@H]3O)n3cnc4c1ncnc43)[C@H]2F. The molecule has 4 aromatic heterocycles. The van der Waals surface area contributed by atoms with Crippen LogP contribution in [0.5, 0.6) is 0 Å². The number of rotatable bonds is 2. The Bertz CT molecular complexity index is 2230. The number of aliphatic hydroxyl groups is 2. The summed E-state index contributed by atoms with van der Waals surface area (Å²) >= 11 is 5.27. The van der Waals surface area contributed by atoms with Crippen LogP contribution in [-0.2, 0) is 37.0 Å². The summed E-state index contributed by atoms with van der Waals surface area (Å²) in [7, 11) is 0. The summed E-state index contributed by atoms with van der Waals surface area (Å²) in [5.74, 6) is -0.206. The fourth-order valence-electron chi connectivity index (χ4n) is 6.77. The predicted octanol–water partition coefficient (Wildman–Crippen LogP) is 2.30. The molecule has 9 atom stereocenters. The summed E-state index contributed by atoms with van der Waals surface area (Å²) in [4.78, 5) is 52.6. The maximum Gasteiger partial charge on any atom is 0.259 e. The average molecular weight is 786 g/mol. The van der Waals surface area contributed by atoms with Crippen molar-refractivity contribution in [1.29, 1.82) is 0 Å².